The predicted molar refractivity (Wildman–Crippen MR) is 55.6 cm³/mol. The fourth-order valence-electron chi connectivity index (χ4n) is 1.62. The molecule has 0 radical (unpaired) electrons. The second-order valence-corrected chi connectivity index (χ2v) is 4.28. The number of rotatable bonds is 3. The van der Waals surface area contributed by atoms with Gasteiger partial charge >= 0.3 is 0 Å². The monoisotopic (exact) mass is 214 g/mol. The average molecular weight is 214 g/mol. The molecule has 0 heterocycles. The van der Waals surface area contributed by atoms with E-state index in [1.165, 1.54) is 6.07 Å². The van der Waals surface area contributed by atoms with E-state index in [0.29, 0.717) is 0 Å². The molecule has 84 valence electrons. The number of halogens is 2. The van der Waals surface area contributed by atoms with Gasteiger partial charge in [-0.3, -0.25) is 0 Å². The average Bonchev–Trinajstić information content (AvgIpc) is 2.07. The van der Waals surface area contributed by atoms with E-state index in [4.69, 9.17) is 4.74 Å². The highest BCUT2D eigenvalue weighted by atomic mass is 19.2. The quantitative estimate of drug-likeness (QED) is 0.746. The molecule has 0 unspecified atom stereocenters. The van der Waals surface area contributed by atoms with Crippen molar-refractivity contribution in [1.29, 1.82) is 0 Å². The van der Waals surface area contributed by atoms with Crippen LogP contribution in [-0.2, 0) is 10.3 Å². The number of hydrogen-bond donors (Lipinski definition) is 0. The molecule has 0 atom stereocenters. The lowest BCUT2D eigenvalue weighted by Crippen LogP contribution is -2.27. The summed E-state index contributed by atoms with van der Waals surface area (Å²) in [6.45, 7) is 7.17. The minimum absolute atomic E-state index is 0.0392. The molecule has 0 aliphatic rings. The number of ether oxygens (including phenoxy) is 1. The highest BCUT2D eigenvalue weighted by Crippen LogP contribution is 2.29. The Morgan fingerprint density at radius 3 is 2.33 bits per heavy atom. The fraction of sp³-hybridized carbons (Fsp3) is 0.500. The molecule has 0 aliphatic carbocycles. The minimum Gasteiger partial charge on any atom is -0.368 e. The van der Waals surface area contributed by atoms with Gasteiger partial charge in [0, 0.05) is 5.56 Å². The molecule has 0 bridgehead atoms. The van der Waals surface area contributed by atoms with Crippen LogP contribution in [0.3, 0.4) is 0 Å². The molecule has 3 heteroatoms. The van der Waals surface area contributed by atoms with E-state index < -0.39 is 17.2 Å². The molecule has 15 heavy (non-hydrogen) atoms. The smallest absolute Gasteiger partial charge is 0.164 e. The van der Waals surface area contributed by atoms with Crippen molar-refractivity contribution in [2.45, 2.75) is 39.4 Å². The molecule has 1 rings (SSSR count). The van der Waals surface area contributed by atoms with Gasteiger partial charge in [0.2, 0.25) is 0 Å². The molecule has 0 N–H and O–H groups in total. The second-order valence-electron chi connectivity index (χ2n) is 4.28. The third-order valence-electron chi connectivity index (χ3n) is 2.13. The molecule has 0 saturated carbocycles. The summed E-state index contributed by atoms with van der Waals surface area (Å²) < 4.78 is 32.1. The first-order valence-electron chi connectivity index (χ1n) is 4.97. The maximum atomic E-state index is 13.5. The summed E-state index contributed by atoms with van der Waals surface area (Å²) in [5.41, 5.74) is -0.573. The van der Waals surface area contributed by atoms with Crippen LogP contribution in [0.1, 0.15) is 33.3 Å². The number of benzene rings is 1. The standard InChI is InChI=1S/C12H16F2O/c1-8(2)15-12(3,4)9-6-5-7-10(13)11(9)14/h5-8H,1-4H3. The molecule has 0 aromatic heterocycles. The first-order valence-corrected chi connectivity index (χ1v) is 4.97. The highest BCUT2D eigenvalue weighted by Gasteiger charge is 2.27. The summed E-state index contributed by atoms with van der Waals surface area (Å²) in [5, 5.41) is 0. The van der Waals surface area contributed by atoms with E-state index in [9.17, 15) is 8.78 Å². The first-order chi connectivity index (χ1) is 6.84. The molecule has 1 nitrogen and oxygen atoms in total. The van der Waals surface area contributed by atoms with Crippen LogP contribution in [0.5, 0.6) is 0 Å². The molecule has 0 amide bonds. The maximum absolute atomic E-state index is 13.5. The van der Waals surface area contributed by atoms with Crippen molar-refractivity contribution in [1.82, 2.24) is 0 Å². The SMILES string of the molecule is CC(C)OC(C)(C)c1cccc(F)c1F. The molecule has 0 fully saturated rings. The van der Waals surface area contributed by atoms with Crippen LogP contribution in [0.25, 0.3) is 0 Å². The lowest BCUT2D eigenvalue weighted by atomic mass is 9.97. The van der Waals surface area contributed by atoms with Gasteiger partial charge in [-0.25, -0.2) is 8.78 Å². The Labute approximate surface area is 89.1 Å². The van der Waals surface area contributed by atoms with Crippen LogP contribution < -0.4 is 0 Å². The normalized spacial score (nSPS) is 12.2. The third-order valence-corrected chi connectivity index (χ3v) is 2.13. The molecule has 0 saturated heterocycles. The summed E-state index contributed by atoms with van der Waals surface area (Å²) in [5.74, 6) is -1.67. The molecular weight excluding hydrogens is 198 g/mol. The molecule has 0 aliphatic heterocycles. The van der Waals surface area contributed by atoms with Gasteiger partial charge in [0.15, 0.2) is 11.6 Å². The lowest BCUT2D eigenvalue weighted by molar-refractivity contribution is -0.0622. The van der Waals surface area contributed by atoms with Crippen LogP contribution >= 0.6 is 0 Å². The maximum Gasteiger partial charge on any atom is 0.164 e. The van der Waals surface area contributed by atoms with Crippen LogP contribution in [0.4, 0.5) is 8.78 Å². The van der Waals surface area contributed by atoms with Gasteiger partial charge < -0.3 is 4.74 Å². The molecular formula is C12H16F2O. The summed E-state index contributed by atoms with van der Waals surface area (Å²) in [4.78, 5) is 0. The Bertz CT molecular complexity index is 345. The molecule has 0 spiro atoms. The van der Waals surface area contributed by atoms with Gasteiger partial charge in [-0.15, -0.1) is 0 Å². The van der Waals surface area contributed by atoms with Gasteiger partial charge in [-0.05, 0) is 33.8 Å². The van der Waals surface area contributed by atoms with Crippen molar-refractivity contribution in [2.24, 2.45) is 0 Å². The Morgan fingerprint density at radius 1 is 1.20 bits per heavy atom. The van der Waals surface area contributed by atoms with E-state index in [2.05, 4.69) is 0 Å². The van der Waals surface area contributed by atoms with Crippen molar-refractivity contribution < 1.29 is 13.5 Å². The van der Waals surface area contributed by atoms with Crippen molar-refractivity contribution in [2.75, 3.05) is 0 Å². The van der Waals surface area contributed by atoms with Gasteiger partial charge in [0.05, 0.1) is 11.7 Å². The zero-order valence-corrected chi connectivity index (χ0v) is 9.47. The van der Waals surface area contributed by atoms with Crippen LogP contribution in [0, 0.1) is 11.6 Å². The van der Waals surface area contributed by atoms with Gasteiger partial charge in [-0.2, -0.15) is 0 Å². The summed E-state index contributed by atoms with van der Waals surface area (Å²) >= 11 is 0. The largest absolute Gasteiger partial charge is 0.368 e. The topological polar surface area (TPSA) is 9.23 Å². The van der Waals surface area contributed by atoms with E-state index in [1.807, 2.05) is 13.8 Å². The van der Waals surface area contributed by atoms with Crippen molar-refractivity contribution >= 4 is 0 Å². The van der Waals surface area contributed by atoms with E-state index in [0.717, 1.165) is 6.07 Å². The van der Waals surface area contributed by atoms with Crippen LogP contribution in [0.15, 0.2) is 18.2 Å². The Morgan fingerprint density at radius 2 is 1.80 bits per heavy atom. The molecule has 1 aromatic carbocycles. The highest BCUT2D eigenvalue weighted by molar-refractivity contribution is 5.24. The Hall–Kier alpha value is -0.960. The van der Waals surface area contributed by atoms with Crippen LogP contribution in [-0.4, -0.2) is 6.10 Å². The number of hydrogen-bond acceptors (Lipinski definition) is 1. The summed E-state index contributed by atoms with van der Waals surface area (Å²) in [6, 6.07) is 4.13. The van der Waals surface area contributed by atoms with Crippen molar-refractivity contribution in [3.63, 3.8) is 0 Å². The first kappa shape index (κ1) is 12.1. The summed E-state index contributed by atoms with van der Waals surface area (Å²) in [7, 11) is 0. The van der Waals surface area contributed by atoms with Gasteiger partial charge in [-0.1, -0.05) is 12.1 Å². The second kappa shape index (κ2) is 4.27. The zero-order valence-electron chi connectivity index (χ0n) is 9.47. The molecule has 1 aromatic rings. The fourth-order valence-corrected chi connectivity index (χ4v) is 1.62. The van der Waals surface area contributed by atoms with Crippen LogP contribution in [0.2, 0.25) is 0 Å². The van der Waals surface area contributed by atoms with Crippen molar-refractivity contribution in [3.05, 3.63) is 35.4 Å². The van der Waals surface area contributed by atoms with E-state index in [-0.39, 0.29) is 11.7 Å². The Kier molecular flexibility index (Phi) is 3.45. The third kappa shape index (κ3) is 2.75. The summed E-state index contributed by atoms with van der Waals surface area (Å²) in [6.07, 6.45) is -0.0392. The minimum atomic E-state index is -0.840. The zero-order chi connectivity index (χ0) is 11.6. The van der Waals surface area contributed by atoms with E-state index in [1.54, 1.807) is 19.9 Å². The van der Waals surface area contributed by atoms with Crippen molar-refractivity contribution in [3.8, 4) is 0 Å². The van der Waals surface area contributed by atoms with Gasteiger partial charge in [0.1, 0.15) is 0 Å². The predicted octanol–water partition coefficient (Wildman–Crippen LogP) is 3.62. The lowest BCUT2D eigenvalue weighted by Gasteiger charge is -2.28. The Balaban J connectivity index is 3.09. The van der Waals surface area contributed by atoms with E-state index >= 15 is 0 Å². The van der Waals surface area contributed by atoms with Gasteiger partial charge in [0.25, 0.3) is 0 Å².